The van der Waals surface area contributed by atoms with Crippen LogP contribution in [0, 0.1) is 0 Å². The van der Waals surface area contributed by atoms with Crippen LogP contribution in [-0.2, 0) is 0 Å². The highest BCUT2D eigenvalue weighted by Gasteiger charge is 2.29. The molecule has 4 rings (SSSR count). The molecule has 1 aliphatic heterocycles. The molecule has 3 aromatic rings. The Labute approximate surface area is 154 Å². The summed E-state index contributed by atoms with van der Waals surface area (Å²) in [4.78, 5) is 20.1. The minimum atomic E-state index is -0.00908. The van der Waals surface area contributed by atoms with Gasteiger partial charge in [-0.05, 0) is 42.5 Å². The topological polar surface area (TPSA) is 59.2 Å². The molecule has 1 fully saturated rings. The standard InChI is InChI=1S/C18H16ClN3O2S/c19-14-6-1-4-12(10-14)18(23)22-8-2-5-13(11-22)17-20-16(21-24-17)15-7-3-9-25-15/h1,3-4,6-7,9-10,13H,2,5,8,11H2/t13-/m1/s1. The van der Waals surface area contributed by atoms with Gasteiger partial charge in [0.25, 0.3) is 5.91 Å². The van der Waals surface area contributed by atoms with E-state index in [0.717, 1.165) is 24.3 Å². The zero-order valence-electron chi connectivity index (χ0n) is 13.4. The van der Waals surface area contributed by atoms with Crippen LogP contribution in [0.1, 0.15) is 35.0 Å². The molecule has 0 saturated carbocycles. The molecule has 0 spiro atoms. The molecule has 1 atom stereocenters. The van der Waals surface area contributed by atoms with Crippen LogP contribution in [0.5, 0.6) is 0 Å². The molecule has 3 heterocycles. The molecule has 5 nitrogen and oxygen atoms in total. The summed E-state index contributed by atoms with van der Waals surface area (Å²) in [6, 6.07) is 11.0. The van der Waals surface area contributed by atoms with Gasteiger partial charge < -0.3 is 9.42 Å². The Morgan fingerprint density at radius 2 is 2.24 bits per heavy atom. The van der Waals surface area contributed by atoms with E-state index in [1.807, 2.05) is 22.4 Å². The van der Waals surface area contributed by atoms with Gasteiger partial charge in [0.05, 0.1) is 10.8 Å². The van der Waals surface area contributed by atoms with Crippen molar-refractivity contribution >= 4 is 28.8 Å². The fraction of sp³-hybridized carbons (Fsp3) is 0.278. The van der Waals surface area contributed by atoms with Gasteiger partial charge in [-0.15, -0.1) is 11.3 Å². The first-order chi connectivity index (χ1) is 12.2. The maximum absolute atomic E-state index is 12.7. The fourth-order valence-electron chi connectivity index (χ4n) is 3.07. The van der Waals surface area contributed by atoms with Crippen LogP contribution in [0.2, 0.25) is 5.02 Å². The number of amides is 1. The molecule has 128 valence electrons. The Bertz CT molecular complexity index is 878. The van der Waals surface area contributed by atoms with Crippen molar-refractivity contribution in [3.63, 3.8) is 0 Å². The van der Waals surface area contributed by atoms with Gasteiger partial charge in [0.15, 0.2) is 0 Å². The highest BCUT2D eigenvalue weighted by atomic mass is 35.5. The van der Waals surface area contributed by atoms with Crippen molar-refractivity contribution in [2.45, 2.75) is 18.8 Å². The van der Waals surface area contributed by atoms with E-state index in [-0.39, 0.29) is 11.8 Å². The molecule has 1 aliphatic rings. The Morgan fingerprint density at radius 3 is 3.04 bits per heavy atom. The van der Waals surface area contributed by atoms with Crippen LogP contribution >= 0.6 is 22.9 Å². The number of halogens is 1. The first-order valence-electron chi connectivity index (χ1n) is 8.13. The van der Waals surface area contributed by atoms with Gasteiger partial charge in [0.2, 0.25) is 11.7 Å². The summed E-state index contributed by atoms with van der Waals surface area (Å²) in [6.07, 6.45) is 1.85. The number of hydrogen-bond acceptors (Lipinski definition) is 5. The largest absolute Gasteiger partial charge is 0.339 e. The SMILES string of the molecule is O=C(c1cccc(Cl)c1)N1CCC[C@@H](c2nc(-c3cccs3)no2)C1. The van der Waals surface area contributed by atoms with E-state index in [1.165, 1.54) is 0 Å². The lowest BCUT2D eigenvalue weighted by Gasteiger charge is -2.31. The third kappa shape index (κ3) is 3.45. The van der Waals surface area contributed by atoms with Crippen molar-refractivity contribution < 1.29 is 9.32 Å². The van der Waals surface area contributed by atoms with Gasteiger partial charge >= 0.3 is 0 Å². The lowest BCUT2D eigenvalue weighted by Crippen LogP contribution is -2.39. The number of likely N-dealkylation sites (tertiary alicyclic amines) is 1. The third-order valence-electron chi connectivity index (χ3n) is 4.31. The Hall–Kier alpha value is -2.18. The van der Waals surface area contributed by atoms with Crippen molar-refractivity contribution in [2.75, 3.05) is 13.1 Å². The maximum Gasteiger partial charge on any atom is 0.253 e. The zero-order chi connectivity index (χ0) is 17.2. The number of nitrogens with zero attached hydrogens (tertiary/aromatic N) is 3. The van der Waals surface area contributed by atoms with Crippen LogP contribution in [0.15, 0.2) is 46.3 Å². The predicted octanol–water partition coefficient (Wildman–Crippen LogP) is 4.47. The second kappa shape index (κ2) is 6.98. The molecule has 1 aromatic carbocycles. The molecule has 1 amide bonds. The summed E-state index contributed by atoms with van der Waals surface area (Å²) in [6.45, 7) is 1.31. The number of thiophene rings is 1. The molecular weight excluding hydrogens is 358 g/mol. The van der Waals surface area contributed by atoms with Gasteiger partial charge in [-0.1, -0.05) is 28.9 Å². The van der Waals surface area contributed by atoms with Crippen LogP contribution in [0.25, 0.3) is 10.7 Å². The minimum Gasteiger partial charge on any atom is -0.339 e. The third-order valence-corrected chi connectivity index (χ3v) is 5.41. The molecule has 7 heteroatoms. The molecule has 2 aromatic heterocycles. The first-order valence-corrected chi connectivity index (χ1v) is 9.39. The van der Waals surface area contributed by atoms with E-state index in [0.29, 0.717) is 28.8 Å². The first kappa shape index (κ1) is 16.3. The van der Waals surface area contributed by atoms with Crippen LogP contribution in [0.3, 0.4) is 0 Å². The highest BCUT2D eigenvalue weighted by Crippen LogP contribution is 2.29. The summed E-state index contributed by atoms with van der Waals surface area (Å²) >= 11 is 7.58. The summed E-state index contributed by atoms with van der Waals surface area (Å²) in [7, 11) is 0. The second-order valence-corrected chi connectivity index (χ2v) is 7.42. The summed E-state index contributed by atoms with van der Waals surface area (Å²) in [5.74, 6) is 1.28. The van der Waals surface area contributed by atoms with E-state index in [1.54, 1.807) is 35.6 Å². The number of benzene rings is 1. The smallest absolute Gasteiger partial charge is 0.253 e. The van der Waals surface area contributed by atoms with E-state index >= 15 is 0 Å². The molecule has 1 saturated heterocycles. The maximum atomic E-state index is 12.7. The van der Waals surface area contributed by atoms with Gasteiger partial charge in [-0.25, -0.2) is 0 Å². The lowest BCUT2D eigenvalue weighted by atomic mass is 9.97. The molecule has 25 heavy (non-hydrogen) atoms. The number of rotatable bonds is 3. The Morgan fingerprint density at radius 1 is 1.32 bits per heavy atom. The minimum absolute atomic E-state index is 0.00908. The summed E-state index contributed by atoms with van der Waals surface area (Å²) < 4.78 is 5.47. The van der Waals surface area contributed by atoms with E-state index < -0.39 is 0 Å². The molecule has 0 aliphatic carbocycles. The van der Waals surface area contributed by atoms with Gasteiger partial charge in [0, 0.05) is 23.7 Å². The number of aromatic nitrogens is 2. The molecule has 0 N–H and O–H groups in total. The van der Waals surface area contributed by atoms with E-state index in [2.05, 4.69) is 10.1 Å². The number of piperidine rings is 1. The van der Waals surface area contributed by atoms with E-state index in [4.69, 9.17) is 16.1 Å². The van der Waals surface area contributed by atoms with Crippen molar-refractivity contribution in [2.24, 2.45) is 0 Å². The highest BCUT2D eigenvalue weighted by molar-refractivity contribution is 7.13. The average molecular weight is 374 g/mol. The quantitative estimate of drug-likeness (QED) is 0.679. The molecule has 0 unspecified atom stereocenters. The Kier molecular flexibility index (Phi) is 4.55. The van der Waals surface area contributed by atoms with Crippen molar-refractivity contribution in [1.29, 1.82) is 0 Å². The van der Waals surface area contributed by atoms with Gasteiger partial charge in [0.1, 0.15) is 0 Å². The normalized spacial score (nSPS) is 17.6. The zero-order valence-corrected chi connectivity index (χ0v) is 15.0. The van der Waals surface area contributed by atoms with Crippen molar-refractivity contribution in [3.05, 3.63) is 58.3 Å². The van der Waals surface area contributed by atoms with E-state index in [9.17, 15) is 4.79 Å². The van der Waals surface area contributed by atoms with Crippen molar-refractivity contribution in [3.8, 4) is 10.7 Å². The Balaban J connectivity index is 1.50. The van der Waals surface area contributed by atoms with Crippen LogP contribution < -0.4 is 0 Å². The summed E-state index contributed by atoms with van der Waals surface area (Å²) in [5.41, 5.74) is 0.609. The predicted molar refractivity (Wildman–Crippen MR) is 96.9 cm³/mol. The molecule has 0 radical (unpaired) electrons. The van der Waals surface area contributed by atoms with Gasteiger partial charge in [-0.3, -0.25) is 4.79 Å². The molecule has 0 bridgehead atoms. The monoisotopic (exact) mass is 373 g/mol. The van der Waals surface area contributed by atoms with Crippen LogP contribution in [-0.4, -0.2) is 34.0 Å². The second-order valence-electron chi connectivity index (χ2n) is 6.03. The average Bonchev–Trinajstić information content (AvgIpc) is 3.32. The van der Waals surface area contributed by atoms with Crippen molar-refractivity contribution in [1.82, 2.24) is 15.0 Å². The van der Waals surface area contributed by atoms with Crippen LogP contribution in [0.4, 0.5) is 0 Å². The lowest BCUT2D eigenvalue weighted by molar-refractivity contribution is 0.0695. The number of hydrogen-bond donors (Lipinski definition) is 0. The number of carbonyl (C=O) groups excluding carboxylic acids is 1. The fourth-order valence-corrected chi connectivity index (χ4v) is 3.91. The summed E-state index contributed by atoms with van der Waals surface area (Å²) in [5, 5.41) is 6.63. The number of carbonyl (C=O) groups is 1. The molecular formula is C18H16ClN3O2S. The van der Waals surface area contributed by atoms with Gasteiger partial charge in [-0.2, -0.15) is 4.98 Å².